The molecule has 2 aromatic carbocycles. The molecule has 1 aliphatic rings. The van der Waals surface area contributed by atoms with Crippen LogP contribution in [-0.4, -0.2) is 55.2 Å². The number of rotatable bonds is 9. The van der Waals surface area contributed by atoms with Crippen LogP contribution in [-0.2, 0) is 17.7 Å². The van der Waals surface area contributed by atoms with Gasteiger partial charge in [0.15, 0.2) is 0 Å². The van der Waals surface area contributed by atoms with E-state index in [2.05, 4.69) is 27.3 Å². The molecule has 1 fully saturated rings. The van der Waals surface area contributed by atoms with E-state index in [0.29, 0.717) is 18.8 Å². The molecule has 7 heteroatoms. The second-order valence-corrected chi connectivity index (χ2v) is 8.36. The van der Waals surface area contributed by atoms with Crippen LogP contribution in [0.2, 0.25) is 0 Å². The molecule has 1 amide bonds. The number of nitrogens with one attached hydrogen (secondary N) is 1. The molecule has 1 aromatic heterocycles. The van der Waals surface area contributed by atoms with Crippen LogP contribution in [0.25, 0.3) is 0 Å². The monoisotopic (exact) mass is 437 g/mol. The number of carbonyl (C=O) groups is 1. The Labute approximate surface area is 186 Å². The van der Waals surface area contributed by atoms with Crippen molar-refractivity contribution < 1.29 is 14.3 Å². The highest BCUT2D eigenvalue weighted by molar-refractivity contribution is 7.09. The van der Waals surface area contributed by atoms with Crippen LogP contribution in [0.4, 0.5) is 0 Å². The topological polar surface area (TPSA) is 63.7 Å². The Morgan fingerprint density at radius 2 is 1.90 bits per heavy atom. The van der Waals surface area contributed by atoms with Crippen molar-refractivity contribution >= 4 is 17.2 Å². The van der Waals surface area contributed by atoms with Crippen LogP contribution in [0.3, 0.4) is 0 Å². The third-order valence-electron chi connectivity index (χ3n) is 5.11. The molecule has 3 aromatic rings. The zero-order valence-electron chi connectivity index (χ0n) is 17.5. The third kappa shape index (κ3) is 6.62. The molecular weight excluding hydrogens is 410 g/mol. The number of amides is 1. The highest BCUT2D eigenvalue weighted by atomic mass is 32.1. The van der Waals surface area contributed by atoms with E-state index in [1.165, 1.54) is 16.9 Å². The molecule has 31 heavy (non-hydrogen) atoms. The summed E-state index contributed by atoms with van der Waals surface area (Å²) in [6, 6.07) is 18.0. The van der Waals surface area contributed by atoms with Gasteiger partial charge in [-0.15, -0.1) is 11.3 Å². The number of hydrogen-bond acceptors (Lipinski definition) is 6. The Kier molecular flexibility index (Phi) is 7.65. The minimum Gasteiger partial charge on any atom is -0.492 e. The molecule has 0 saturated carbocycles. The van der Waals surface area contributed by atoms with Gasteiger partial charge in [0, 0.05) is 38.0 Å². The molecule has 0 spiro atoms. The highest BCUT2D eigenvalue weighted by Gasteiger charge is 2.12. The minimum atomic E-state index is -0.158. The van der Waals surface area contributed by atoms with Gasteiger partial charge in [0.1, 0.15) is 18.1 Å². The largest absolute Gasteiger partial charge is 0.492 e. The van der Waals surface area contributed by atoms with E-state index in [1.807, 2.05) is 47.8 Å². The standard InChI is InChI=1S/C24H27N3O3S/c28-24(22-18-31-23(26-22)16-19-5-2-1-3-6-19)25-17-20-7-4-8-21(15-20)30-14-11-27-9-12-29-13-10-27/h1-8,15,18H,9-14,16-17H2,(H,25,28). The number of carbonyl (C=O) groups excluding carboxylic acids is 1. The summed E-state index contributed by atoms with van der Waals surface area (Å²) in [5, 5.41) is 5.71. The Bertz CT molecular complexity index is 971. The molecule has 1 saturated heterocycles. The summed E-state index contributed by atoms with van der Waals surface area (Å²) in [5.74, 6) is 0.660. The SMILES string of the molecule is O=C(NCc1cccc(OCCN2CCOCC2)c1)c1csc(Cc2ccccc2)n1. The van der Waals surface area contributed by atoms with Crippen LogP contribution >= 0.6 is 11.3 Å². The van der Waals surface area contributed by atoms with Crippen molar-refractivity contribution in [1.29, 1.82) is 0 Å². The quantitative estimate of drug-likeness (QED) is 0.556. The van der Waals surface area contributed by atoms with E-state index in [9.17, 15) is 4.79 Å². The molecule has 4 rings (SSSR count). The lowest BCUT2D eigenvalue weighted by molar-refractivity contribution is 0.0322. The molecule has 0 atom stereocenters. The van der Waals surface area contributed by atoms with Crippen LogP contribution in [0.5, 0.6) is 5.75 Å². The fourth-order valence-electron chi connectivity index (χ4n) is 3.40. The maximum atomic E-state index is 12.5. The Hall–Kier alpha value is -2.74. The summed E-state index contributed by atoms with van der Waals surface area (Å²) < 4.78 is 11.3. The first kappa shape index (κ1) is 21.5. The van der Waals surface area contributed by atoms with Gasteiger partial charge < -0.3 is 14.8 Å². The highest BCUT2D eigenvalue weighted by Crippen LogP contribution is 2.16. The first-order chi connectivity index (χ1) is 15.3. The molecule has 1 aliphatic heterocycles. The summed E-state index contributed by atoms with van der Waals surface area (Å²) in [6.07, 6.45) is 0.739. The van der Waals surface area contributed by atoms with Crippen molar-refractivity contribution in [3.05, 3.63) is 81.8 Å². The average molecular weight is 438 g/mol. The van der Waals surface area contributed by atoms with Crippen LogP contribution in [0.1, 0.15) is 26.6 Å². The van der Waals surface area contributed by atoms with E-state index < -0.39 is 0 Å². The smallest absolute Gasteiger partial charge is 0.271 e. The van der Waals surface area contributed by atoms with E-state index in [0.717, 1.165) is 55.6 Å². The summed E-state index contributed by atoms with van der Waals surface area (Å²) in [7, 11) is 0. The summed E-state index contributed by atoms with van der Waals surface area (Å²) in [6.45, 7) is 5.46. The lowest BCUT2D eigenvalue weighted by atomic mass is 10.2. The molecule has 1 N–H and O–H groups in total. The fourth-order valence-corrected chi connectivity index (χ4v) is 4.21. The van der Waals surface area contributed by atoms with E-state index >= 15 is 0 Å². The van der Waals surface area contributed by atoms with Crippen molar-refractivity contribution in [3.8, 4) is 5.75 Å². The van der Waals surface area contributed by atoms with Crippen molar-refractivity contribution in [2.45, 2.75) is 13.0 Å². The molecule has 162 valence electrons. The summed E-state index contributed by atoms with van der Waals surface area (Å²) in [4.78, 5) is 19.3. The van der Waals surface area contributed by atoms with Gasteiger partial charge in [-0.05, 0) is 23.3 Å². The second kappa shape index (κ2) is 11.0. The molecule has 0 bridgehead atoms. The van der Waals surface area contributed by atoms with Crippen molar-refractivity contribution in [1.82, 2.24) is 15.2 Å². The number of thiazole rings is 1. The van der Waals surface area contributed by atoms with Gasteiger partial charge in [-0.3, -0.25) is 9.69 Å². The summed E-state index contributed by atoms with van der Waals surface area (Å²) >= 11 is 1.51. The van der Waals surface area contributed by atoms with Gasteiger partial charge in [-0.1, -0.05) is 42.5 Å². The lowest BCUT2D eigenvalue weighted by Crippen LogP contribution is -2.38. The Morgan fingerprint density at radius 1 is 1.10 bits per heavy atom. The summed E-state index contributed by atoms with van der Waals surface area (Å²) in [5.41, 5.74) is 2.65. The van der Waals surface area contributed by atoms with Gasteiger partial charge in [0.25, 0.3) is 5.91 Å². The number of benzene rings is 2. The van der Waals surface area contributed by atoms with Gasteiger partial charge in [-0.25, -0.2) is 4.98 Å². The molecule has 6 nitrogen and oxygen atoms in total. The molecule has 2 heterocycles. The third-order valence-corrected chi connectivity index (χ3v) is 5.96. The molecular formula is C24H27N3O3S. The van der Waals surface area contributed by atoms with Gasteiger partial charge in [0.2, 0.25) is 0 Å². The predicted octanol–water partition coefficient (Wildman–Crippen LogP) is 3.37. The molecule has 0 unspecified atom stereocenters. The average Bonchev–Trinajstić information content (AvgIpc) is 3.28. The predicted molar refractivity (Wildman–Crippen MR) is 122 cm³/mol. The van der Waals surface area contributed by atoms with Gasteiger partial charge in [-0.2, -0.15) is 0 Å². The lowest BCUT2D eigenvalue weighted by Gasteiger charge is -2.26. The van der Waals surface area contributed by atoms with E-state index in [-0.39, 0.29) is 5.91 Å². The van der Waals surface area contributed by atoms with Crippen molar-refractivity contribution in [2.24, 2.45) is 0 Å². The zero-order chi connectivity index (χ0) is 21.3. The number of hydrogen-bond donors (Lipinski definition) is 1. The number of morpholine rings is 1. The first-order valence-electron chi connectivity index (χ1n) is 10.5. The van der Waals surface area contributed by atoms with Crippen molar-refractivity contribution in [3.63, 3.8) is 0 Å². The normalized spacial score (nSPS) is 14.3. The van der Waals surface area contributed by atoms with E-state index in [1.54, 1.807) is 0 Å². The maximum absolute atomic E-state index is 12.5. The Balaban J connectivity index is 1.24. The number of ether oxygens (including phenoxy) is 2. The molecule has 0 aliphatic carbocycles. The maximum Gasteiger partial charge on any atom is 0.271 e. The zero-order valence-corrected chi connectivity index (χ0v) is 18.3. The van der Waals surface area contributed by atoms with Crippen LogP contribution in [0, 0.1) is 0 Å². The fraction of sp³-hybridized carbons (Fsp3) is 0.333. The van der Waals surface area contributed by atoms with E-state index in [4.69, 9.17) is 9.47 Å². The van der Waals surface area contributed by atoms with Crippen LogP contribution < -0.4 is 10.1 Å². The van der Waals surface area contributed by atoms with Crippen molar-refractivity contribution in [2.75, 3.05) is 39.5 Å². The Morgan fingerprint density at radius 3 is 2.74 bits per heavy atom. The second-order valence-electron chi connectivity index (χ2n) is 7.42. The van der Waals surface area contributed by atoms with Crippen LogP contribution in [0.15, 0.2) is 60.0 Å². The minimum absolute atomic E-state index is 0.158. The first-order valence-corrected chi connectivity index (χ1v) is 11.4. The molecule has 0 radical (unpaired) electrons. The van der Waals surface area contributed by atoms with Gasteiger partial charge >= 0.3 is 0 Å². The van der Waals surface area contributed by atoms with Gasteiger partial charge in [0.05, 0.1) is 18.2 Å². The number of aromatic nitrogens is 1. The number of nitrogens with zero attached hydrogens (tertiary/aromatic N) is 2.